The standard InChI is InChI=1S/C15H20O5/c1-3-4-7-10-19-11(2)20-15(18)13-9-6-5-8-12(13)14(16)17/h5-6,8-9,11H,3-4,7,10H2,1-2H3,(H,16,17). The Balaban J connectivity index is 2.56. The zero-order valence-electron chi connectivity index (χ0n) is 11.8. The van der Waals surface area contributed by atoms with Crippen LogP contribution in [-0.4, -0.2) is 29.9 Å². The van der Waals surface area contributed by atoms with Crippen LogP contribution in [0.15, 0.2) is 24.3 Å². The zero-order chi connectivity index (χ0) is 15.0. The number of hydrogen-bond donors (Lipinski definition) is 1. The van der Waals surface area contributed by atoms with Gasteiger partial charge in [0.2, 0.25) is 0 Å². The van der Waals surface area contributed by atoms with Crippen LogP contribution in [-0.2, 0) is 9.47 Å². The fourth-order valence-corrected chi connectivity index (χ4v) is 1.70. The van der Waals surface area contributed by atoms with Gasteiger partial charge in [-0.2, -0.15) is 0 Å². The highest BCUT2D eigenvalue weighted by Crippen LogP contribution is 2.12. The number of esters is 1. The zero-order valence-corrected chi connectivity index (χ0v) is 11.8. The van der Waals surface area contributed by atoms with E-state index in [0.717, 1.165) is 19.3 Å². The minimum Gasteiger partial charge on any atom is -0.478 e. The summed E-state index contributed by atoms with van der Waals surface area (Å²) in [4.78, 5) is 22.9. The fraction of sp³-hybridized carbons (Fsp3) is 0.467. The molecular weight excluding hydrogens is 260 g/mol. The minimum atomic E-state index is -1.16. The molecule has 5 nitrogen and oxygen atoms in total. The van der Waals surface area contributed by atoms with Crippen LogP contribution in [0.2, 0.25) is 0 Å². The van der Waals surface area contributed by atoms with Crippen molar-refractivity contribution in [2.24, 2.45) is 0 Å². The molecule has 0 aliphatic carbocycles. The molecule has 1 rings (SSSR count). The van der Waals surface area contributed by atoms with Gasteiger partial charge in [0.25, 0.3) is 0 Å². The summed E-state index contributed by atoms with van der Waals surface area (Å²) in [6, 6.07) is 5.95. The maximum absolute atomic E-state index is 11.9. The number of carbonyl (C=O) groups is 2. The fourth-order valence-electron chi connectivity index (χ4n) is 1.70. The number of benzene rings is 1. The van der Waals surface area contributed by atoms with Crippen LogP contribution in [0.1, 0.15) is 53.8 Å². The number of carboxylic acid groups (broad SMARTS) is 1. The maximum Gasteiger partial charge on any atom is 0.341 e. The highest BCUT2D eigenvalue weighted by molar-refractivity contribution is 6.02. The molecule has 0 fully saturated rings. The molecule has 5 heteroatoms. The van der Waals surface area contributed by atoms with E-state index in [-0.39, 0.29) is 11.1 Å². The lowest BCUT2D eigenvalue weighted by atomic mass is 10.1. The summed E-state index contributed by atoms with van der Waals surface area (Å²) in [6.07, 6.45) is 2.36. The molecule has 1 aromatic carbocycles. The van der Waals surface area contributed by atoms with Crippen LogP contribution in [0.4, 0.5) is 0 Å². The van der Waals surface area contributed by atoms with Gasteiger partial charge in [-0.25, -0.2) is 9.59 Å². The molecule has 0 bridgehead atoms. The van der Waals surface area contributed by atoms with Crippen molar-refractivity contribution in [3.63, 3.8) is 0 Å². The number of carboxylic acids is 1. The van der Waals surface area contributed by atoms with E-state index in [1.807, 2.05) is 0 Å². The molecule has 0 saturated carbocycles. The first-order chi connectivity index (χ1) is 9.56. The predicted octanol–water partition coefficient (Wildman–Crippen LogP) is 3.09. The maximum atomic E-state index is 11.9. The lowest BCUT2D eigenvalue weighted by Gasteiger charge is -2.14. The Morgan fingerprint density at radius 3 is 2.45 bits per heavy atom. The number of unbranched alkanes of at least 4 members (excludes halogenated alkanes) is 2. The van der Waals surface area contributed by atoms with Crippen molar-refractivity contribution < 1.29 is 24.2 Å². The molecule has 0 saturated heterocycles. The predicted molar refractivity (Wildman–Crippen MR) is 73.8 cm³/mol. The Morgan fingerprint density at radius 2 is 1.85 bits per heavy atom. The second-order valence-electron chi connectivity index (χ2n) is 4.40. The van der Waals surface area contributed by atoms with E-state index < -0.39 is 18.2 Å². The van der Waals surface area contributed by atoms with Gasteiger partial charge in [0.15, 0.2) is 6.29 Å². The molecule has 1 unspecified atom stereocenters. The first kappa shape index (κ1) is 16.2. The molecule has 1 atom stereocenters. The van der Waals surface area contributed by atoms with Gasteiger partial charge in [-0.3, -0.25) is 0 Å². The van der Waals surface area contributed by atoms with Gasteiger partial charge in [-0.05, 0) is 25.5 Å². The largest absolute Gasteiger partial charge is 0.478 e. The van der Waals surface area contributed by atoms with E-state index in [1.165, 1.54) is 12.1 Å². The van der Waals surface area contributed by atoms with Crippen LogP contribution >= 0.6 is 0 Å². The molecule has 0 aliphatic heterocycles. The Hall–Kier alpha value is -1.88. The third kappa shape index (κ3) is 5.01. The number of aromatic carboxylic acids is 1. The topological polar surface area (TPSA) is 72.8 Å². The first-order valence-corrected chi connectivity index (χ1v) is 6.71. The van der Waals surface area contributed by atoms with Gasteiger partial charge >= 0.3 is 11.9 Å². The van der Waals surface area contributed by atoms with E-state index >= 15 is 0 Å². The van der Waals surface area contributed by atoms with E-state index in [0.29, 0.717) is 6.61 Å². The van der Waals surface area contributed by atoms with Gasteiger partial charge in [0.1, 0.15) is 0 Å². The molecule has 0 aromatic heterocycles. The van der Waals surface area contributed by atoms with Gasteiger partial charge in [-0.15, -0.1) is 0 Å². The molecule has 1 aromatic rings. The summed E-state index contributed by atoms with van der Waals surface area (Å²) in [5.41, 5.74) is -0.0420. The number of carbonyl (C=O) groups excluding carboxylic acids is 1. The summed E-state index contributed by atoms with van der Waals surface area (Å²) >= 11 is 0. The normalized spacial score (nSPS) is 11.9. The van der Waals surface area contributed by atoms with E-state index in [1.54, 1.807) is 19.1 Å². The summed E-state index contributed by atoms with van der Waals surface area (Å²) in [5.74, 6) is -1.85. The Bertz CT molecular complexity index is 455. The van der Waals surface area contributed by atoms with Crippen LogP contribution in [0.25, 0.3) is 0 Å². The smallest absolute Gasteiger partial charge is 0.341 e. The van der Waals surface area contributed by atoms with Crippen molar-refractivity contribution in [1.82, 2.24) is 0 Å². The second-order valence-corrected chi connectivity index (χ2v) is 4.40. The van der Waals surface area contributed by atoms with Crippen LogP contribution in [0, 0.1) is 0 Å². The number of rotatable bonds is 8. The van der Waals surface area contributed by atoms with Crippen molar-refractivity contribution in [2.75, 3.05) is 6.61 Å². The number of ether oxygens (including phenoxy) is 2. The first-order valence-electron chi connectivity index (χ1n) is 6.71. The average Bonchev–Trinajstić information content (AvgIpc) is 2.43. The SMILES string of the molecule is CCCCCOC(C)OC(=O)c1ccccc1C(=O)O. The lowest BCUT2D eigenvalue weighted by molar-refractivity contribution is -0.0987. The molecule has 0 aliphatic rings. The van der Waals surface area contributed by atoms with E-state index in [9.17, 15) is 9.59 Å². The van der Waals surface area contributed by atoms with Crippen LogP contribution < -0.4 is 0 Å². The van der Waals surface area contributed by atoms with Gasteiger partial charge in [0, 0.05) is 0 Å². The van der Waals surface area contributed by atoms with Crippen LogP contribution in [0.5, 0.6) is 0 Å². The van der Waals surface area contributed by atoms with Gasteiger partial charge in [-0.1, -0.05) is 31.9 Å². The Morgan fingerprint density at radius 1 is 1.20 bits per heavy atom. The van der Waals surface area contributed by atoms with Crippen molar-refractivity contribution in [3.8, 4) is 0 Å². The average molecular weight is 280 g/mol. The van der Waals surface area contributed by atoms with Crippen molar-refractivity contribution in [3.05, 3.63) is 35.4 Å². The summed E-state index contributed by atoms with van der Waals surface area (Å²) in [5, 5.41) is 9.01. The molecule has 110 valence electrons. The number of hydrogen-bond acceptors (Lipinski definition) is 4. The molecule has 0 heterocycles. The summed E-state index contributed by atoms with van der Waals surface area (Å²) in [7, 11) is 0. The Kier molecular flexibility index (Phi) is 6.73. The van der Waals surface area contributed by atoms with Crippen molar-refractivity contribution >= 4 is 11.9 Å². The van der Waals surface area contributed by atoms with Crippen LogP contribution in [0.3, 0.4) is 0 Å². The molecule has 0 spiro atoms. The summed E-state index contributed by atoms with van der Waals surface area (Å²) < 4.78 is 10.4. The highest BCUT2D eigenvalue weighted by atomic mass is 16.7. The van der Waals surface area contributed by atoms with Gasteiger partial charge < -0.3 is 14.6 Å². The van der Waals surface area contributed by atoms with Crippen molar-refractivity contribution in [2.45, 2.75) is 39.4 Å². The monoisotopic (exact) mass is 280 g/mol. The molecule has 20 heavy (non-hydrogen) atoms. The highest BCUT2D eigenvalue weighted by Gasteiger charge is 2.19. The van der Waals surface area contributed by atoms with Crippen molar-refractivity contribution in [1.29, 1.82) is 0 Å². The van der Waals surface area contributed by atoms with E-state index in [4.69, 9.17) is 14.6 Å². The quantitative estimate of drug-likeness (QED) is 0.450. The molecular formula is C15H20O5. The van der Waals surface area contributed by atoms with E-state index in [2.05, 4.69) is 6.92 Å². The summed E-state index contributed by atoms with van der Waals surface area (Å²) in [6.45, 7) is 4.22. The third-order valence-corrected chi connectivity index (χ3v) is 2.75. The third-order valence-electron chi connectivity index (χ3n) is 2.75. The molecule has 1 N–H and O–H groups in total. The molecule has 0 amide bonds. The Labute approximate surface area is 118 Å². The lowest BCUT2D eigenvalue weighted by Crippen LogP contribution is -2.20. The minimum absolute atomic E-state index is 0.0315. The van der Waals surface area contributed by atoms with Gasteiger partial charge in [0.05, 0.1) is 17.7 Å². The molecule has 0 radical (unpaired) electrons. The second kappa shape index (κ2) is 8.32.